The van der Waals surface area contributed by atoms with Crippen LogP contribution in [0.5, 0.6) is 23.0 Å². The molecule has 3 aliphatic rings. The topological polar surface area (TPSA) is 180 Å². The first-order valence-corrected chi connectivity index (χ1v) is 24.4. The number of rotatable bonds is 21. The molecule has 0 bridgehead atoms. The van der Waals surface area contributed by atoms with Crippen molar-refractivity contribution in [1.82, 2.24) is 19.8 Å². The van der Waals surface area contributed by atoms with Crippen molar-refractivity contribution in [3.05, 3.63) is 163 Å². The monoisotopic (exact) mass is 996 g/mol. The average Bonchev–Trinajstić information content (AvgIpc) is 3.93. The van der Waals surface area contributed by atoms with Gasteiger partial charge >= 0.3 is 11.9 Å². The number of ether oxygens (including phenoxy) is 4. The summed E-state index contributed by atoms with van der Waals surface area (Å²) in [6, 6.07) is 22.1. The normalized spacial score (nSPS) is 16.6. The third kappa shape index (κ3) is 11.7. The van der Waals surface area contributed by atoms with Gasteiger partial charge in [-0.1, -0.05) is 59.6 Å². The lowest BCUT2D eigenvalue weighted by molar-refractivity contribution is -0.143. The number of hydrogen-bond acceptors (Lipinski definition) is 12. The third-order valence-corrected chi connectivity index (χ3v) is 14.0. The van der Waals surface area contributed by atoms with Gasteiger partial charge in [0.15, 0.2) is 0 Å². The predicted molar refractivity (Wildman–Crippen MR) is 271 cm³/mol. The van der Waals surface area contributed by atoms with Crippen molar-refractivity contribution in [3.63, 3.8) is 0 Å². The summed E-state index contributed by atoms with van der Waals surface area (Å²) >= 11 is 13.9. The number of pyridine rings is 2. The summed E-state index contributed by atoms with van der Waals surface area (Å²) in [7, 11) is 0. The lowest BCUT2D eigenvalue weighted by Crippen LogP contribution is -2.35. The number of likely N-dealkylation sites (tertiary alicyclic amines) is 2. The van der Waals surface area contributed by atoms with E-state index in [1.807, 2.05) is 52.3 Å². The Hall–Kier alpha value is -6.84. The summed E-state index contributed by atoms with van der Waals surface area (Å²) < 4.78 is 25.7. The molecular formula is C55H54Cl2N6O8. The maximum Gasteiger partial charge on any atom is 0.320 e. The van der Waals surface area contributed by atoms with Gasteiger partial charge < -0.3 is 34.6 Å². The lowest BCUT2D eigenvalue weighted by Gasteiger charge is -2.23. The molecular weight excluding hydrogens is 944 g/mol. The van der Waals surface area contributed by atoms with Gasteiger partial charge in [0.25, 0.3) is 0 Å². The van der Waals surface area contributed by atoms with Crippen LogP contribution in [0, 0.1) is 19.3 Å². The molecule has 9 rings (SSSR count). The molecule has 3 N–H and O–H groups in total. The molecule has 0 spiro atoms. The van der Waals surface area contributed by atoms with Gasteiger partial charge in [0.2, 0.25) is 0 Å². The molecule has 3 aliphatic heterocycles. The zero-order valence-electron chi connectivity index (χ0n) is 39.5. The number of hydrogen-bond donors (Lipinski definition) is 3. The molecule has 2 aromatic heterocycles. The number of carboxylic acid groups (broad SMARTS) is 2. The number of nitrogens with one attached hydrogen (secondary N) is 1. The van der Waals surface area contributed by atoms with Crippen molar-refractivity contribution in [3.8, 4) is 34.1 Å². The molecule has 4 aromatic carbocycles. The Balaban J connectivity index is 0.921. The molecule has 2 saturated heterocycles. The molecule has 0 aliphatic carbocycles. The second-order valence-electron chi connectivity index (χ2n) is 18.2. The van der Waals surface area contributed by atoms with Crippen LogP contribution in [0.15, 0.2) is 103 Å². The SMILES string of the molecule is Cc1c(COc2cc(OCc3cncc(C=N)c3)c(CN3CCC[C@H]3C(=O)O)cc2Cl)cccc1-c1cccc(COc2cc(OCc3cncc(C4=NC4)c3)c(CN3CCC[C@H]3C(=O)O)cc2Cl)c1C. The minimum Gasteiger partial charge on any atom is -0.488 e. The van der Waals surface area contributed by atoms with Crippen molar-refractivity contribution < 1.29 is 38.7 Å². The van der Waals surface area contributed by atoms with Gasteiger partial charge in [-0.3, -0.25) is 34.3 Å². The highest BCUT2D eigenvalue weighted by Crippen LogP contribution is 2.39. The molecule has 0 amide bonds. The zero-order valence-corrected chi connectivity index (χ0v) is 41.0. The number of halogens is 2. The fourth-order valence-electron chi connectivity index (χ4n) is 9.43. The largest absolute Gasteiger partial charge is 0.488 e. The lowest BCUT2D eigenvalue weighted by atomic mass is 9.92. The predicted octanol–water partition coefficient (Wildman–Crippen LogP) is 10.3. The number of aliphatic imine (C=N–C) groups is 1. The molecule has 16 heteroatoms. The van der Waals surface area contributed by atoms with E-state index in [-0.39, 0.29) is 26.4 Å². The van der Waals surface area contributed by atoms with Crippen LogP contribution >= 0.6 is 23.2 Å². The van der Waals surface area contributed by atoms with Crippen LogP contribution < -0.4 is 18.9 Å². The van der Waals surface area contributed by atoms with Crippen LogP contribution in [0.2, 0.25) is 10.0 Å². The van der Waals surface area contributed by atoms with Gasteiger partial charge in [0.1, 0.15) is 61.5 Å². The van der Waals surface area contributed by atoms with Gasteiger partial charge in [-0.15, -0.1) is 0 Å². The quantitative estimate of drug-likeness (QED) is 0.0582. The second-order valence-corrected chi connectivity index (χ2v) is 19.0. The van der Waals surface area contributed by atoms with Gasteiger partial charge in [-0.2, -0.15) is 0 Å². The van der Waals surface area contributed by atoms with Crippen LogP contribution in [-0.4, -0.2) is 85.6 Å². The fraction of sp³-hybridized carbons (Fsp3) is 0.309. The van der Waals surface area contributed by atoms with E-state index in [0.717, 1.165) is 79.8 Å². The van der Waals surface area contributed by atoms with E-state index in [2.05, 4.69) is 40.9 Å². The summed E-state index contributed by atoms with van der Waals surface area (Å²) in [6.07, 6.45) is 10.8. The van der Waals surface area contributed by atoms with Crippen LogP contribution in [0.3, 0.4) is 0 Å². The summed E-state index contributed by atoms with van der Waals surface area (Å²) in [5.41, 5.74) is 11.8. The Bertz CT molecular complexity index is 3020. The van der Waals surface area contributed by atoms with E-state index in [1.54, 1.807) is 43.0 Å². The molecule has 0 saturated carbocycles. The van der Waals surface area contributed by atoms with E-state index in [9.17, 15) is 19.8 Å². The molecule has 0 unspecified atom stereocenters. The molecule has 14 nitrogen and oxygen atoms in total. The minimum atomic E-state index is -0.852. The Labute approximate surface area is 422 Å². The first-order valence-electron chi connectivity index (χ1n) is 23.6. The Morgan fingerprint density at radius 1 is 0.648 bits per heavy atom. The average molecular weight is 998 g/mol. The smallest absolute Gasteiger partial charge is 0.320 e. The first-order chi connectivity index (χ1) is 34.4. The molecule has 2 fully saturated rings. The molecule has 6 aromatic rings. The summed E-state index contributed by atoms with van der Waals surface area (Å²) in [6.45, 7) is 7.69. The van der Waals surface area contributed by atoms with E-state index >= 15 is 0 Å². The highest BCUT2D eigenvalue weighted by Gasteiger charge is 2.33. The van der Waals surface area contributed by atoms with Gasteiger partial charge in [-0.05, 0) is 110 Å². The van der Waals surface area contributed by atoms with E-state index < -0.39 is 24.0 Å². The highest BCUT2D eigenvalue weighted by molar-refractivity contribution is 6.32. The number of carboxylic acids is 2. The van der Waals surface area contributed by atoms with Crippen molar-refractivity contribution in [1.29, 1.82) is 5.41 Å². The number of benzene rings is 4. The molecule has 0 radical (unpaired) electrons. The first kappa shape index (κ1) is 49.2. The maximum absolute atomic E-state index is 12.1. The number of nitrogens with zero attached hydrogens (tertiary/aromatic N) is 5. The standard InChI is InChI=1S/C55H54Cl2N6O8/c1-33-38(31-70-52-19-50(68-29-36-15-35(21-58)22-59-23-36)41(17-45(52)56)27-62-13-5-11-48(62)54(64)65)7-3-9-43(33)44-10-4-8-39(34(44)2)32-71-53-20-51(69-30-37-16-40(25-60-24-37)47-26-61-47)42(18-46(53)57)28-63-14-6-12-49(63)55(66)67/h3-4,7-10,15-25,48-49,58H,5-6,11-14,26-32H2,1-2H3,(H,64,65)(H,66,67)/t48-,49-/m0/s1. The minimum absolute atomic E-state index is 0.171. The molecule has 2 atom stereocenters. The third-order valence-electron chi connectivity index (χ3n) is 13.4. The van der Waals surface area contributed by atoms with Gasteiger partial charge in [0.05, 0.1) is 22.3 Å². The highest BCUT2D eigenvalue weighted by atomic mass is 35.5. The fourth-order valence-corrected chi connectivity index (χ4v) is 9.91. The van der Waals surface area contributed by atoms with E-state index in [4.69, 9.17) is 47.6 Å². The van der Waals surface area contributed by atoms with Gasteiger partial charge in [0, 0.05) is 89.6 Å². The van der Waals surface area contributed by atoms with Crippen LogP contribution in [0.25, 0.3) is 11.1 Å². The number of aromatic nitrogens is 2. The summed E-state index contributed by atoms with van der Waals surface area (Å²) in [4.78, 5) is 40.9. The van der Waals surface area contributed by atoms with Crippen molar-refractivity contribution >= 4 is 47.1 Å². The molecule has 5 heterocycles. The Morgan fingerprint density at radius 2 is 1.13 bits per heavy atom. The molecule has 366 valence electrons. The summed E-state index contributed by atoms with van der Waals surface area (Å²) in [5.74, 6) is 0.234. The number of carbonyl (C=O) groups is 2. The zero-order chi connectivity index (χ0) is 49.6. The van der Waals surface area contributed by atoms with E-state index in [0.29, 0.717) is 84.2 Å². The van der Waals surface area contributed by atoms with Crippen molar-refractivity contribution in [2.75, 3.05) is 19.6 Å². The maximum atomic E-state index is 12.1. The second kappa shape index (κ2) is 22.1. The number of aliphatic carboxylic acids is 2. The van der Waals surface area contributed by atoms with Crippen LogP contribution in [0.1, 0.15) is 81.3 Å². The van der Waals surface area contributed by atoms with E-state index in [1.165, 1.54) is 6.21 Å². The van der Waals surface area contributed by atoms with Gasteiger partial charge in [-0.25, -0.2) is 0 Å². The Morgan fingerprint density at radius 3 is 1.61 bits per heavy atom. The summed E-state index contributed by atoms with van der Waals surface area (Å²) in [5, 5.41) is 28.2. The van der Waals surface area contributed by atoms with Crippen LogP contribution in [-0.2, 0) is 49.1 Å². The van der Waals surface area contributed by atoms with Crippen molar-refractivity contribution in [2.45, 2.75) is 91.1 Å². The van der Waals surface area contributed by atoms with Crippen molar-refractivity contribution in [2.24, 2.45) is 4.99 Å². The van der Waals surface area contributed by atoms with Crippen LogP contribution in [0.4, 0.5) is 0 Å². The Kier molecular flexibility index (Phi) is 15.3. The molecule has 71 heavy (non-hydrogen) atoms.